The summed E-state index contributed by atoms with van der Waals surface area (Å²) >= 11 is 0. The van der Waals surface area contributed by atoms with Crippen molar-refractivity contribution in [3.63, 3.8) is 0 Å². The highest BCUT2D eigenvalue weighted by Crippen LogP contribution is 2.41. The van der Waals surface area contributed by atoms with Gasteiger partial charge in [-0.3, -0.25) is 9.59 Å². The van der Waals surface area contributed by atoms with Crippen molar-refractivity contribution in [2.45, 2.75) is 61.2 Å². The van der Waals surface area contributed by atoms with Gasteiger partial charge < -0.3 is 25.4 Å². The number of nitrogens with one attached hydrogen (secondary N) is 3. The molecule has 2 saturated heterocycles. The molecule has 3 N–H and O–H groups in total. The highest BCUT2D eigenvalue weighted by atomic mass is 32.2. The summed E-state index contributed by atoms with van der Waals surface area (Å²) in [6.07, 6.45) is 3.59. The zero-order valence-corrected chi connectivity index (χ0v) is 38.5. The first kappa shape index (κ1) is 49.0. The summed E-state index contributed by atoms with van der Waals surface area (Å²) in [4.78, 5) is 25.9. The molecule has 10 nitrogen and oxygen atoms in total. The summed E-state index contributed by atoms with van der Waals surface area (Å²) in [6, 6.07) is 46.1. The van der Waals surface area contributed by atoms with E-state index in [0.717, 1.165) is 54.9 Å². The molecule has 0 aromatic heterocycles. The normalized spacial score (nSPS) is 15.3. The van der Waals surface area contributed by atoms with Gasteiger partial charge in [0.1, 0.15) is 23.1 Å². The molecule has 2 heterocycles. The number of halogens is 2. The molecule has 346 valence electrons. The Morgan fingerprint density at radius 3 is 1.39 bits per heavy atom. The fourth-order valence-corrected chi connectivity index (χ4v) is 10.0. The molecule has 0 saturated carbocycles. The van der Waals surface area contributed by atoms with Crippen LogP contribution >= 0.6 is 0 Å². The van der Waals surface area contributed by atoms with E-state index in [9.17, 15) is 26.8 Å². The van der Waals surface area contributed by atoms with E-state index in [1.165, 1.54) is 34.1 Å². The molecule has 2 aliphatic rings. The molecule has 0 aliphatic carbocycles. The number of para-hydroxylation sites is 4. The number of hydrogen-bond acceptors (Lipinski definition) is 7. The average Bonchev–Trinajstić information content (AvgIpc) is 3.34. The third-order valence-corrected chi connectivity index (χ3v) is 14.1. The smallest absolute Gasteiger partial charge is 0.243 e. The standard InChI is InChI=1S/C26H27FN2O4S.C20H24N2O2.C7H7F/c1-33-24-10-6-5-9-23(24)28-25(30)19-26(20-7-3-2-4-8-20)15-17-29(18-16-26)34(31,32)22-13-11-21(27)12-14-22;1-24-18-10-6-5-9-17(18)22-19(23)15-20(11-13-21-14-12-20)16-7-3-2-4-8-16;1-6-2-4-7(8)5-3-6/h2-14H,15-19H2,1H3,(H,28,30);2-10,21H,11-15H2,1H3,(H,22,23);2-5H,1H3. The van der Waals surface area contributed by atoms with E-state index in [-0.39, 0.29) is 47.5 Å². The molecule has 6 aromatic rings. The maximum Gasteiger partial charge on any atom is 0.243 e. The second kappa shape index (κ2) is 23.2. The van der Waals surface area contributed by atoms with E-state index in [1.54, 1.807) is 38.5 Å². The Kier molecular flexibility index (Phi) is 17.2. The number of ether oxygens (including phenoxy) is 2. The second-order valence-electron chi connectivity index (χ2n) is 16.5. The lowest BCUT2D eigenvalue weighted by Gasteiger charge is -2.41. The number of nitrogens with zero attached hydrogens (tertiary/aromatic N) is 1. The fraction of sp³-hybridized carbons (Fsp3) is 0.283. The van der Waals surface area contributed by atoms with Crippen LogP contribution in [0.1, 0.15) is 55.2 Å². The van der Waals surface area contributed by atoms with Gasteiger partial charge in [0.2, 0.25) is 21.8 Å². The van der Waals surface area contributed by atoms with Gasteiger partial charge in [0.05, 0.1) is 30.5 Å². The van der Waals surface area contributed by atoms with E-state index in [4.69, 9.17) is 9.47 Å². The summed E-state index contributed by atoms with van der Waals surface area (Å²) in [5.74, 6) is 0.473. The number of sulfonamides is 1. The third-order valence-electron chi connectivity index (χ3n) is 12.2. The van der Waals surface area contributed by atoms with Gasteiger partial charge in [-0.05, 0) is 117 Å². The maximum absolute atomic E-state index is 13.3. The highest BCUT2D eigenvalue weighted by molar-refractivity contribution is 7.89. The molecular weight excluding hydrogens is 859 g/mol. The Morgan fingerprint density at radius 2 is 0.970 bits per heavy atom. The van der Waals surface area contributed by atoms with Crippen molar-refractivity contribution < 1.29 is 36.3 Å². The van der Waals surface area contributed by atoms with Crippen LogP contribution in [0.5, 0.6) is 11.5 Å². The van der Waals surface area contributed by atoms with Crippen molar-refractivity contribution in [2.75, 3.05) is 51.0 Å². The Hall–Kier alpha value is -6.41. The summed E-state index contributed by atoms with van der Waals surface area (Å²) < 4.78 is 63.6. The Morgan fingerprint density at radius 1 is 0.576 bits per heavy atom. The van der Waals surface area contributed by atoms with Gasteiger partial charge in [0.25, 0.3) is 0 Å². The lowest BCUT2D eigenvalue weighted by molar-refractivity contribution is -0.118. The lowest BCUT2D eigenvalue weighted by atomic mass is 9.70. The quantitative estimate of drug-likeness (QED) is 0.112. The van der Waals surface area contributed by atoms with Crippen molar-refractivity contribution in [3.05, 3.63) is 186 Å². The Balaban J connectivity index is 0.000000194. The SMILES string of the molecule is COc1ccccc1NC(=O)CC1(c2ccccc2)CCN(S(=O)(=O)c2ccc(F)cc2)CC1.COc1ccccc1NC(=O)CC1(c2ccccc2)CCNCC1.Cc1ccc(F)cc1. The van der Waals surface area contributed by atoms with E-state index in [2.05, 4.69) is 40.2 Å². The van der Waals surface area contributed by atoms with Crippen LogP contribution < -0.4 is 25.4 Å². The first-order valence-electron chi connectivity index (χ1n) is 22.0. The second-order valence-corrected chi connectivity index (χ2v) is 18.5. The van der Waals surface area contributed by atoms with Gasteiger partial charge in [-0.15, -0.1) is 0 Å². The van der Waals surface area contributed by atoms with Gasteiger partial charge in [-0.2, -0.15) is 4.31 Å². The molecule has 0 radical (unpaired) electrons. The van der Waals surface area contributed by atoms with Crippen molar-refractivity contribution in [2.24, 2.45) is 0 Å². The van der Waals surface area contributed by atoms with Gasteiger partial charge in [-0.1, -0.05) is 103 Å². The number of amides is 2. The van der Waals surface area contributed by atoms with Gasteiger partial charge >= 0.3 is 0 Å². The molecule has 0 atom stereocenters. The van der Waals surface area contributed by atoms with Crippen LogP contribution in [-0.2, 0) is 30.4 Å². The third kappa shape index (κ3) is 12.9. The predicted molar refractivity (Wildman–Crippen MR) is 256 cm³/mol. The van der Waals surface area contributed by atoms with E-state index in [0.29, 0.717) is 36.4 Å². The van der Waals surface area contributed by atoms with Crippen LogP contribution in [0.15, 0.2) is 163 Å². The van der Waals surface area contributed by atoms with Crippen molar-refractivity contribution >= 4 is 33.2 Å². The minimum absolute atomic E-state index is 0.0326. The molecular formula is C53H58F2N4O6S. The lowest BCUT2D eigenvalue weighted by Crippen LogP contribution is -2.46. The summed E-state index contributed by atoms with van der Waals surface area (Å²) in [5.41, 5.74) is 4.05. The number of carbonyl (C=O) groups excluding carboxylic acids is 2. The number of methoxy groups -OCH3 is 2. The highest BCUT2D eigenvalue weighted by Gasteiger charge is 2.41. The zero-order valence-electron chi connectivity index (χ0n) is 37.6. The Labute approximate surface area is 387 Å². The van der Waals surface area contributed by atoms with Crippen LogP contribution in [0, 0.1) is 18.6 Å². The average molecular weight is 917 g/mol. The number of rotatable bonds is 12. The number of aryl methyl sites for hydroxylation is 1. The minimum atomic E-state index is -3.75. The monoisotopic (exact) mass is 916 g/mol. The first-order chi connectivity index (χ1) is 31.9. The van der Waals surface area contributed by atoms with Crippen molar-refractivity contribution in [1.82, 2.24) is 9.62 Å². The fourth-order valence-electron chi connectivity index (χ4n) is 8.57. The molecule has 8 rings (SSSR count). The molecule has 2 fully saturated rings. The molecule has 2 amide bonds. The van der Waals surface area contributed by atoms with Crippen LogP contribution in [0.2, 0.25) is 0 Å². The van der Waals surface area contributed by atoms with E-state index >= 15 is 0 Å². The van der Waals surface area contributed by atoms with E-state index < -0.39 is 21.3 Å². The van der Waals surface area contributed by atoms with Gasteiger partial charge in [0.15, 0.2) is 0 Å². The van der Waals surface area contributed by atoms with E-state index in [1.807, 2.05) is 79.7 Å². The molecule has 66 heavy (non-hydrogen) atoms. The number of anilines is 2. The zero-order chi connectivity index (χ0) is 47.0. The molecule has 13 heteroatoms. The number of piperidine rings is 2. The van der Waals surface area contributed by atoms with Crippen LogP contribution in [0.4, 0.5) is 20.2 Å². The minimum Gasteiger partial charge on any atom is -0.495 e. The summed E-state index contributed by atoms with van der Waals surface area (Å²) in [6.45, 7) is 4.33. The van der Waals surface area contributed by atoms with Gasteiger partial charge in [0, 0.05) is 36.8 Å². The largest absolute Gasteiger partial charge is 0.495 e. The van der Waals surface area contributed by atoms with Crippen molar-refractivity contribution in [1.29, 1.82) is 0 Å². The first-order valence-corrected chi connectivity index (χ1v) is 23.5. The molecule has 0 spiro atoms. The van der Waals surface area contributed by atoms with Crippen molar-refractivity contribution in [3.8, 4) is 11.5 Å². The van der Waals surface area contributed by atoms with Crippen LogP contribution in [0.3, 0.4) is 0 Å². The molecule has 0 bridgehead atoms. The maximum atomic E-state index is 13.3. The Bertz CT molecular complexity index is 2560. The number of hydrogen-bond donors (Lipinski definition) is 3. The van der Waals surface area contributed by atoms with Crippen LogP contribution in [0.25, 0.3) is 0 Å². The topological polar surface area (TPSA) is 126 Å². The predicted octanol–water partition coefficient (Wildman–Crippen LogP) is 10.1. The summed E-state index contributed by atoms with van der Waals surface area (Å²) in [5, 5.41) is 9.36. The number of benzene rings is 6. The molecule has 6 aromatic carbocycles. The molecule has 2 aliphatic heterocycles. The molecule has 0 unspecified atom stereocenters. The van der Waals surface area contributed by atoms with Gasteiger partial charge in [-0.25, -0.2) is 17.2 Å². The van der Waals surface area contributed by atoms with Crippen LogP contribution in [-0.4, -0.2) is 64.9 Å². The summed E-state index contributed by atoms with van der Waals surface area (Å²) in [7, 11) is -0.584. The number of carbonyl (C=O) groups is 2.